The number of ether oxygens (including phenoxy) is 1. The largest absolute Gasteiger partial charge is 0.489 e. The molecule has 2 aromatic rings. The third-order valence-electron chi connectivity index (χ3n) is 2.50. The van der Waals surface area contributed by atoms with Gasteiger partial charge in [0, 0.05) is 5.56 Å². The van der Waals surface area contributed by atoms with Crippen LogP contribution in [0.25, 0.3) is 0 Å². The molecular formula is C14H12BrFO2. The first-order chi connectivity index (χ1) is 8.68. The molecule has 0 heterocycles. The molecule has 1 N–H and O–H groups in total. The predicted molar refractivity (Wildman–Crippen MR) is 71.0 cm³/mol. The number of hydrogen-bond acceptors (Lipinski definition) is 2. The van der Waals surface area contributed by atoms with Crippen molar-refractivity contribution in [1.29, 1.82) is 0 Å². The molecule has 0 saturated carbocycles. The second-order valence-electron chi connectivity index (χ2n) is 3.78. The third kappa shape index (κ3) is 3.09. The lowest BCUT2D eigenvalue weighted by Crippen LogP contribution is -2.11. The highest BCUT2D eigenvalue weighted by molar-refractivity contribution is 9.10. The Morgan fingerprint density at radius 2 is 1.78 bits per heavy atom. The average molecular weight is 311 g/mol. The molecule has 0 aliphatic carbocycles. The van der Waals surface area contributed by atoms with Gasteiger partial charge in [0.05, 0.1) is 4.47 Å². The minimum atomic E-state index is -0.988. The number of aliphatic hydroxyl groups excluding tert-OH is 1. The molecule has 0 spiro atoms. The highest BCUT2D eigenvalue weighted by atomic mass is 79.9. The summed E-state index contributed by atoms with van der Waals surface area (Å²) in [6, 6.07) is 13.4. The van der Waals surface area contributed by atoms with Crippen LogP contribution in [0.1, 0.15) is 11.7 Å². The molecule has 18 heavy (non-hydrogen) atoms. The molecule has 0 radical (unpaired) electrons. The molecule has 94 valence electrons. The van der Waals surface area contributed by atoms with E-state index in [1.54, 1.807) is 24.3 Å². The van der Waals surface area contributed by atoms with Gasteiger partial charge in [-0.2, -0.15) is 0 Å². The van der Waals surface area contributed by atoms with Gasteiger partial charge in [0.25, 0.3) is 0 Å². The molecule has 4 heteroatoms. The van der Waals surface area contributed by atoms with Gasteiger partial charge in [-0.05, 0) is 34.1 Å². The van der Waals surface area contributed by atoms with Crippen molar-refractivity contribution in [2.75, 3.05) is 6.61 Å². The van der Waals surface area contributed by atoms with Crippen LogP contribution in [0.4, 0.5) is 4.39 Å². The van der Waals surface area contributed by atoms with Gasteiger partial charge in [-0.15, -0.1) is 0 Å². The van der Waals surface area contributed by atoms with Gasteiger partial charge < -0.3 is 9.84 Å². The average Bonchev–Trinajstić information content (AvgIpc) is 2.38. The van der Waals surface area contributed by atoms with Gasteiger partial charge in [0.2, 0.25) is 0 Å². The molecule has 0 unspecified atom stereocenters. The summed E-state index contributed by atoms with van der Waals surface area (Å²) in [7, 11) is 0. The van der Waals surface area contributed by atoms with E-state index in [0.29, 0.717) is 5.75 Å². The first-order valence-corrected chi connectivity index (χ1v) is 6.27. The van der Waals surface area contributed by atoms with E-state index in [4.69, 9.17) is 4.74 Å². The summed E-state index contributed by atoms with van der Waals surface area (Å²) in [5, 5.41) is 9.87. The Morgan fingerprint density at radius 3 is 2.50 bits per heavy atom. The fourth-order valence-electron chi connectivity index (χ4n) is 1.57. The van der Waals surface area contributed by atoms with E-state index >= 15 is 0 Å². The monoisotopic (exact) mass is 310 g/mol. The lowest BCUT2D eigenvalue weighted by atomic mass is 10.1. The molecular weight excluding hydrogens is 299 g/mol. The zero-order chi connectivity index (χ0) is 13.0. The smallest absolute Gasteiger partial charge is 0.133 e. The maximum absolute atomic E-state index is 13.4. The third-order valence-corrected chi connectivity index (χ3v) is 3.15. The van der Waals surface area contributed by atoms with E-state index in [1.165, 1.54) is 6.07 Å². The zero-order valence-electron chi connectivity index (χ0n) is 9.51. The standard InChI is InChI=1S/C14H12BrFO2/c15-11-6-2-4-8-14(11)18-9-13(17)10-5-1-3-7-12(10)16/h1-8,13,17H,9H2/t13-/m0/s1. The number of aliphatic hydroxyl groups is 1. The lowest BCUT2D eigenvalue weighted by molar-refractivity contribution is 0.104. The Kier molecular flexibility index (Phi) is 4.33. The summed E-state index contributed by atoms with van der Waals surface area (Å²) >= 11 is 3.34. The SMILES string of the molecule is O[C@@H](COc1ccccc1Br)c1ccccc1F. The summed E-state index contributed by atoms with van der Waals surface area (Å²) in [4.78, 5) is 0. The second kappa shape index (κ2) is 5.98. The predicted octanol–water partition coefficient (Wildman–Crippen LogP) is 3.70. The quantitative estimate of drug-likeness (QED) is 0.933. The van der Waals surface area contributed by atoms with Crippen molar-refractivity contribution >= 4 is 15.9 Å². The van der Waals surface area contributed by atoms with Gasteiger partial charge in [-0.1, -0.05) is 30.3 Å². The second-order valence-corrected chi connectivity index (χ2v) is 4.63. The molecule has 2 rings (SSSR count). The molecule has 1 atom stereocenters. The molecule has 2 nitrogen and oxygen atoms in total. The fraction of sp³-hybridized carbons (Fsp3) is 0.143. The van der Waals surface area contributed by atoms with Crippen LogP contribution < -0.4 is 4.74 Å². The highest BCUT2D eigenvalue weighted by Gasteiger charge is 2.13. The lowest BCUT2D eigenvalue weighted by Gasteiger charge is -2.14. The molecule has 0 aliphatic rings. The number of hydrogen-bond donors (Lipinski definition) is 1. The summed E-state index contributed by atoms with van der Waals surface area (Å²) in [6.45, 7) is 0.00352. The van der Waals surface area contributed by atoms with Crippen molar-refractivity contribution in [2.24, 2.45) is 0 Å². The van der Waals surface area contributed by atoms with E-state index in [1.807, 2.05) is 18.2 Å². The van der Waals surface area contributed by atoms with E-state index in [-0.39, 0.29) is 12.2 Å². The van der Waals surface area contributed by atoms with Crippen molar-refractivity contribution in [3.8, 4) is 5.75 Å². The van der Waals surface area contributed by atoms with Crippen LogP contribution in [0.15, 0.2) is 53.0 Å². The van der Waals surface area contributed by atoms with Crippen LogP contribution in [0.5, 0.6) is 5.75 Å². The van der Waals surface area contributed by atoms with E-state index < -0.39 is 11.9 Å². The first kappa shape index (κ1) is 13.1. The molecule has 0 amide bonds. The van der Waals surface area contributed by atoms with Crippen LogP contribution in [0, 0.1) is 5.82 Å². The Balaban J connectivity index is 2.03. The minimum absolute atomic E-state index is 0.00352. The maximum atomic E-state index is 13.4. The maximum Gasteiger partial charge on any atom is 0.133 e. The van der Waals surface area contributed by atoms with Crippen LogP contribution in [0.3, 0.4) is 0 Å². The summed E-state index contributed by atoms with van der Waals surface area (Å²) in [5.74, 6) is 0.189. The number of rotatable bonds is 4. The van der Waals surface area contributed by atoms with Crippen molar-refractivity contribution in [3.63, 3.8) is 0 Å². The van der Waals surface area contributed by atoms with Gasteiger partial charge in [-0.3, -0.25) is 0 Å². The van der Waals surface area contributed by atoms with Crippen LogP contribution >= 0.6 is 15.9 Å². The van der Waals surface area contributed by atoms with Gasteiger partial charge in [-0.25, -0.2) is 4.39 Å². The van der Waals surface area contributed by atoms with Crippen molar-refractivity contribution in [2.45, 2.75) is 6.10 Å². The van der Waals surface area contributed by atoms with Crippen LogP contribution in [-0.4, -0.2) is 11.7 Å². The number of benzene rings is 2. The van der Waals surface area contributed by atoms with Crippen LogP contribution in [0.2, 0.25) is 0 Å². The van der Waals surface area contributed by atoms with Gasteiger partial charge >= 0.3 is 0 Å². The zero-order valence-corrected chi connectivity index (χ0v) is 11.1. The molecule has 0 aromatic heterocycles. The summed E-state index contributed by atoms with van der Waals surface area (Å²) in [5.41, 5.74) is 0.240. The number of halogens is 2. The summed E-state index contributed by atoms with van der Waals surface area (Å²) in [6.07, 6.45) is -0.988. The molecule has 0 saturated heterocycles. The fourth-order valence-corrected chi connectivity index (χ4v) is 1.96. The molecule has 0 aliphatic heterocycles. The van der Waals surface area contributed by atoms with Crippen molar-refractivity contribution < 1.29 is 14.2 Å². The highest BCUT2D eigenvalue weighted by Crippen LogP contribution is 2.25. The van der Waals surface area contributed by atoms with Crippen LogP contribution in [-0.2, 0) is 0 Å². The molecule has 0 fully saturated rings. The van der Waals surface area contributed by atoms with Gasteiger partial charge in [0.1, 0.15) is 24.3 Å². The van der Waals surface area contributed by atoms with Gasteiger partial charge in [0.15, 0.2) is 0 Å². The number of para-hydroxylation sites is 1. The Bertz CT molecular complexity index is 531. The molecule has 0 bridgehead atoms. The topological polar surface area (TPSA) is 29.5 Å². The molecule has 2 aromatic carbocycles. The Labute approximate surface area is 113 Å². The van der Waals surface area contributed by atoms with Crippen molar-refractivity contribution in [3.05, 3.63) is 64.4 Å². The summed E-state index contributed by atoms with van der Waals surface area (Å²) < 4.78 is 19.7. The first-order valence-electron chi connectivity index (χ1n) is 5.48. The Morgan fingerprint density at radius 1 is 1.11 bits per heavy atom. The Hall–Kier alpha value is -1.39. The van der Waals surface area contributed by atoms with E-state index in [2.05, 4.69) is 15.9 Å². The normalized spacial score (nSPS) is 12.2. The van der Waals surface area contributed by atoms with Crippen molar-refractivity contribution in [1.82, 2.24) is 0 Å². The minimum Gasteiger partial charge on any atom is -0.489 e. The van der Waals surface area contributed by atoms with E-state index in [0.717, 1.165) is 4.47 Å². The van der Waals surface area contributed by atoms with E-state index in [9.17, 15) is 9.50 Å².